The van der Waals surface area contributed by atoms with Gasteiger partial charge in [0.15, 0.2) is 0 Å². The third-order valence-electron chi connectivity index (χ3n) is 3.55. The number of hydrogen-bond donors (Lipinski definition) is 0. The van der Waals surface area contributed by atoms with Gasteiger partial charge in [0, 0.05) is 23.8 Å². The van der Waals surface area contributed by atoms with Gasteiger partial charge < -0.3 is 9.47 Å². The second-order valence-corrected chi connectivity index (χ2v) is 7.42. The Bertz CT molecular complexity index is 706. The van der Waals surface area contributed by atoms with Crippen LogP contribution in [0.5, 0.6) is 0 Å². The number of ether oxygens (including phenoxy) is 2. The van der Waals surface area contributed by atoms with Crippen molar-refractivity contribution in [1.29, 1.82) is 0 Å². The summed E-state index contributed by atoms with van der Waals surface area (Å²) in [6.07, 6.45) is 3.35. The fraction of sp³-hybridized carbons (Fsp3) is 0.471. The molecule has 0 aliphatic heterocycles. The molecule has 2 aromatic rings. The molecule has 24 heavy (non-hydrogen) atoms. The molecule has 130 valence electrons. The van der Waals surface area contributed by atoms with Gasteiger partial charge in [-0.15, -0.1) is 22.7 Å². The van der Waals surface area contributed by atoms with E-state index in [2.05, 4.69) is 23.8 Å². The number of esters is 1. The van der Waals surface area contributed by atoms with E-state index in [0.717, 1.165) is 21.4 Å². The number of thiazole rings is 2. The zero-order chi connectivity index (χ0) is 17.7. The lowest BCUT2D eigenvalue weighted by molar-refractivity contribution is -0.148. The minimum absolute atomic E-state index is 0.297. The molecule has 0 saturated carbocycles. The Morgan fingerprint density at radius 1 is 1.17 bits per heavy atom. The molecular formula is C17H22N2O3S2. The van der Waals surface area contributed by atoms with Crippen LogP contribution in [-0.4, -0.2) is 36.3 Å². The zero-order valence-corrected chi connectivity index (χ0v) is 16.1. The van der Waals surface area contributed by atoms with Gasteiger partial charge in [0.05, 0.1) is 29.8 Å². The Labute approximate surface area is 150 Å². The van der Waals surface area contributed by atoms with Crippen LogP contribution < -0.4 is 0 Å². The van der Waals surface area contributed by atoms with E-state index in [1.165, 1.54) is 7.11 Å². The SMILES string of the molecule is COC(=O)[C@H](C)[C@H](/C=C/c1csc(-c2csc(C(C)C)n2)n1)OC. The van der Waals surface area contributed by atoms with Crippen molar-refractivity contribution in [2.24, 2.45) is 5.92 Å². The van der Waals surface area contributed by atoms with Gasteiger partial charge in [-0.05, 0) is 13.0 Å². The third-order valence-corrected chi connectivity index (χ3v) is 5.58. The first-order chi connectivity index (χ1) is 11.5. The van der Waals surface area contributed by atoms with Crippen molar-refractivity contribution in [2.75, 3.05) is 14.2 Å². The van der Waals surface area contributed by atoms with Crippen molar-refractivity contribution in [1.82, 2.24) is 9.97 Å². The molecule has 0 aliphatic carbocycles. The average Bonchev–Trinajstić information content (AvgIpc) is 3.23. The maximum atomic E-state index is 11.6. The van der Waals surface area contributed by atoms with Crippen LogP contribution in [0.2, 0.25) is 0 Å². The van der Waals surface area contributed by atoms with Gasteiger partial charge in [0.2, 0.25) is 0 Å². The average molecular weight is 367 g/mol. The van der Waals surface area contributed by atoms with Crippen LogP contribution in [0.4, 0.5) is 0 Å². The van der Waals surface area contributed by atoms with E-state index < -0.39 is 0 Å². The third kappa shape index (κ3) is 4.49. The molecule has 0 bridgehead atoms. The number of methoxy groups -OCH3 is 2. The number of hydrogen-bond acceptors (Lipinski definition) is 7. The first-order valence-corrected chi connectivity index (χ1v) is 9.42. The standard InChI is InChI=1S/C17H22N2O3S2/c1-10(2)15-19-13(9-24-15)16-18-12(8-23-16)6-7-14(21-4)11(3)17(20)22-5/h6-11,14H,1-5H3/b7-6+/t11-,14+/m1/s1. The highest BCUT2D eigenvalue weighted by atomic mass is 32.1. The molecule has 0 spiro atoms. The van der Waals surface area contributed by atoms with Crippen LogP contribution in [0.25, 0.3) is 16.8 Å². The minimum atomic E-state index is -0.374. The molecular weight excluding hydrogens is 344 g/mol. The first-order valence-electron chi connectivity index (χ1n) is 7.66. The molecule has 2 aromatic heterocycles. The van der Waals surface area contributed by atoms with E-state index in [-0.39, 0.29) is 18.0 Å². The molecule has 2 rings (SSSR count). The van der Waals surface area contributed by atoms with E-state index >= 15 is 0 Å². The van der Waals surface area contributed by atoms with Crippen molar-refractivity contribution in [3.63, 3.8) is 0 Å². The Morgan fingerprint density at radius 3 is 2.50 bits per heavy atom. The fourth-order valence-electron chi connectivity index (χ4n) is 2.09. The van der Waals surface area contributed by atoms with Crippen LogP contribution >= 0.6 is 22.7 Å². The summed E-state index contributed by atoms with van der Waals surface area (Å²) >= 11 is 3.21. The van der Waals surface area contributed by atoms with Gasteiger partial charge in [-0.3, -0.25) is 4.79 Å². The summed E-state index contributed by atoms with van der Waals surface area (Å²) in [5, 5.41) is 6.02. The molecule has 2 heterocycles. The summed E-state index contributed by atoms with van der Waals surface area (Å²) in [5.74, 6) is -0.249. The van der Waals surface area contributed by atoms with Crippen molar-refractivity contribution >= 4 is 34.7 Å². The van der Waals surface area contributed by atoms with Crippen LogP contribution in [0.3, 0.4) is 0 Å². The Balaban J connectivity index is 2.10. The lowest BCUT2D eigenvalue weighted by atomic mass is 10.0. The number of carbonyl (C=O) groups excluding carboxylic acids is 1. The van der Waals surface area contributed by atoms with Crippen molar-refractivity contribution in [2.45, 2.75) is 32.8 Å². The first kappa shape index (κ1) is 18.8. The van der Waals surface area contributed by atoms with Crippen LogP contribution in [0.1, 0.15) is 37.4 Å². The molecule has 7 heteroatoms. The van der Waals surface area contributed by atoms with Gasteiger partial charge in [0.25, 0.3) is 0 Å². The molecule has 0 aromatic carbocycles. The van der Waals surface area contributed by atoms with Crippen LogP contribution in [-0.2, 0) is 14.3 Å². The summed E-state index contributed by atoms with van der Waals surface area (Å²) in [5.41, 5.74) is 1.74. The van der Waals surface area contributed by atoms with E-state index in [0.29, 0.717) is 5.92 Å². The van der Waals surface area contributed by atoms with E-state index in [9.17, 15) is 4.79 Å². The largest absolute Gasteiger partial charge is 0.469 e. The lowest BCUT2D eigenvalue weighted by Crippen LogP contribution is -2.26. The molecule has 0 amide bonds. The number of rotatable bonds is 7. The second kappa shape index (κ2) is 8.50. The van der Waals surface area contributed by atoms with Crippen molar-refractivity contribution < 1.29 is 14.3 Å². The highest BCUT2D eigenvalue weighted by Gasteiger charge is 2.22. The number of carbonyl (C=O) groups is 1. The number of nitrogens with zero attached hydrogens (tertiary/aromatic N) is 2. The molecule has 0 unspecified atom stereocenters. The van der Waals surface area contributed by atoms with E-state index in [1.54, 1.807) is 36.7 Å². The lowest BCUT2D eigenvalue weighted by Gasteiger charge is -2.16. The highest BCUT2D eigenvalue weighted by Crippen LogP contribution is 2.28. The van der Waals surface area contributed by atoms with Crippen LogP contribution in [0, 0.1) is 5.92 Å². The monoisotopic (exact) mass is 366 g/mol. The molecule has 5 nitrogen and oxygen atoms in total. The smallest absolute Gasteiger partial charge is 0.311 e. The van der Waals surface area contributed by atoms with Gasteiger partial charge in [-0.25, -0.2) is 9.97 Å². The second-order valence-electron chi connectivity index (χ2n) is 5.67. The summed E-state index contributed by atoms with van der Waals surface area (Å²) in [7, 11) is 2.95. The summed E-state index contributed by atoms with van der Waals surface area (Å²) in [4.78, 5) is 20.8. The summed E-state index contributed by atoms with van der Waals surface area (Å²) in [6, 6.07) is 0. The van der Waals surface area contributed by atoms with E-state index in [4.69, 9.17) is 9.47 Å². The summed E-state index contributed by atoms with van der Waals surface area (Å²) in [6.45, 7) is 6.04. The topological polar surface area (TPSA) is 61.3 Å². The summed E-state index contributed by atoms with van der Waals surface area (Å²) < 4.78 is 10.1. The molecule has 0 fully saturated rings. The normalized spacial score (nSPS) is 14.2. The van der Waals surface area contributed by atoms with E-state index in [1.807, 2.05) is 22.9 Å². The predicted molar refractivity (Wildman–Crippen MR) is 98.3 cm³/mol. The van der Waals surface area contributed by atoms with Gasteiger partial charge >= 0.3 is 5.97 Å². The van der Waals surface area contributed by atoms with Gasteiger partial charge in [-0.2, -0.15) is 0 Å². The van der Waals surface area contributed by atoms with Gasteiger partial charge in [-0.1, -0.05) is 19.9 Å². The van der Waals surface area contributed by atoms with Crippen molar-refractivity contribution in [3.05, 3.63) is 27.5 Å². The Morgan fingerprint density at radius 2 is 1.92 bits per heavy atom. The van der Waals surface area contributed by atoms with Crippen LogP contribution in [0.15, 0.2) is 16.8 Å². The highest BCUT2D eigenvalue weighted by molar-refractivity contribution is 7.14. The quantitative estimate of drug-likeness (QED) is 0.686. The molecule has 0 radical (unpaired) electrons. The predicted octanol–water partition coefficient (Wildman–Crippen LogP) is 4.23. The molecule has 0 N–H and O–H groups in total. The Hall–Kier alpha value is -1.57. The van der Waals surface area contributed by atoms with Gasteiger partial charge in [0.1, 0.15) is 10.7 Å². The maximum absolute atomic E-state index is 11.6. The minimum Gasteiger partial charge on any atom is -0.469 e. The zero-order valence-electron chi connectivity index (χ0n) is 14.5. The Kier molecular flexibility index (Phi) is 6.65. The molecule has 2 atom stereocenters. The number of aromatic nitrogens is 2. The molecule has 0 aliphatic rings. The maximum Gasteiger partial charge on any atom is 0.311 e. The fourth-order valence-corrected chi connectivity index (χ4v) is 3.74. The molecule has 0 saturated heterocycles. The van der Waals surface area contributed by atoms with Crippen molar-refractivity contribution in [3.8, 4) is 10.7 Å².